The van der Waals surface area contributed by atoms with Gasteiger partial charge in [0.15, 0.2) is 0 Å². The lowest BCUT2D eigenvalue weighted by molar-refractivity contribution is 0.961. The van der Waals surface area contributed by atoms with Gasteiger partial charge in [-0.15, -0.1) is 0 Å². The number of H-pyrrole nitrogens is 1. The molecular formula is C8H13N3. The molecule has 1 rings (SSSR count). The lowest BCUT2D eigenvalue weighted by Crippen LogP contribution is -1.81. The third-order valence-electron chi connectivity index (χ3n) is 1.37. The maximum atomic E-state index is 5.41. The Morgan fingerprint density at radius 1 is 1.73 bits per heavy atom. The summed E-state index contributed by atoms with van der Waals surface area (Å²) in [6, 6.07) is 1.81. The standard InChI is InChI=1S/C8H13N3/c1-2-3-4-5-7-6-8(9)11-10-7/h4-6H,2-3H2,1H3,(H3,9,10,11)/b5-4+. The summed E-state index contributed by atoms with van der Waals surface area (Å²) >= 11 is 0. The molecule has 3 nitrogen and oxygen atoms in total. The highest BCUT2D eigenvalue weighted by Gasteiger charge is 1.89. The second kappa shape index (κ2) is 3.81. The number of hydrogen-bond donors (Lipinski definition) is 2. The van der Waals surface area contributed by atoms with E-state index in [1.807, 2.05) is 12.1 Å². The maximum Gasteiger partial charge on any atom is 0.145 e. The lowest BCUT2D eigenvalue weighted by Gasteiger charge is -1.83. The summed E-state index contributed by atoms with van der Waals surface area (Å²) in [6.45, 7) is 2.14. The largest absolute Gasteiger partial charge is 0.382 e. The van der Waals surface area contributed by atoms with Crippen molar-refractivity contribution in [1.82, 2.24) is 10.2 Å². The van der Waals surface area contributed by atoms with E-state index in [2.05, 4.69) is 23.2 Å². The van der Waals surface area contributed by atoms with Crippen LogP contribution in [0.15, 0.2) is 12.1 Å². The summed E-state index contributed by atoms with van der Waals surface area (Å²) in [6.07, 6.45) is 6.36. The fourth-order valence-corrected chi connectivity index (χ4v) is 0.815. The van der Waals surface area contributed by atoms with Crippen molar-refractivity contribution in [3.63, 3.8) is 0 Å². The first kappa shape index (κ1) is 7.85. The molecule has 3 heteroatoms. The molecule has 11 heavy (non-hydrogen) atoms. The first-order valence-electron chi connectivity index (χ1n) is 3.80. The van der Waals surface area contributed by atoms with E-state index in [9.17, 15) is 0 Å². The number of aromatic amines is 1. The average molecular weight is 151 g/mol. The molecule has 0 aliphatic heterocycles. The van der Waals surface area contributed by atoms with Crippen LogP contribution in [0.3, 0.4) is 0 Å². The monoisotopic (exact) mass is 151 g/mol. The molecule has 0 fully saturated rings. The zero-order valence-corrected chi connectivity index (χ0v) is 6.67. The van der Waals surface area contributed by atoms with Crippen LogP contribution in [0.25, 0.3) is 6.08 Å². The molecule has 1 heterocycles. The van der Waals surface area contributed by atoms with E-state index >= 15 is 0 Å². The maximum absolute atomic E-state index is 5.41. The smallest absolute Gasteiger partial charge is 0.145 e. The fraction of sp³-hybridized carbons (Fsp3) is 0.375. The Morgan fingerprint density at radius 2 is 2.55 bits per heavy atom. The molecule has 0 unspecified atom stereocenters. The van der Waals surface area contributed by atoms with E-state index in [-0.39, 0.29) is 0 Å². The number of unbranched alkanes of at least 4 members (excludes halogenated alkanes) is 1. The van der Waals surface area contributed by atoms with Crippen LogP contribution < -0.4 is 5.73 Å². The summed E-state index contributed by atoms with van der Waals surface area (Å²) in [5, 5.41) is 6.60. The van der Waals surface area contributed by atoms with Crippen molar-refractivity contribution in [3.8, 4) is 0 Å². The number of nitrogens with zero attached hydrogens (tertiary/aromatic N) is 1. The van der Waals surface area contributed by atoms with Crippen LogP contribution in [0.2, 0.25) is 0 Å². The van der Waals surface area contributed by atoms with Crippen LogP contribution in [0.4, 0.5) is 5.82 Å². The number of aromatic nitrogens is 2. The number of rotatable bonds is 3. The highest BCUT2D eigenvalue weighted by molar-refractivity contribution is 5.48. The van der Waals surface area contributed by atoms with E-state index in [0.717, 1.165) is 12.1 Å². The lowest BCUT2D eigenvalue weighted by atomic mass is 10.3. The Hall–Kier alpha value is -1.25. The van der Waals surface area contributed by atoms with Gasteiger partial charge in [0.05, 0.1) is 5.69 Å². The van der Waals surface area contributed by atoms with Gasteiger partial charge < -0.3 is 5.73 Å². The van der Waals surface area contributed by atoms with Crippen LogP contribution in [0.1, 0.15) is 25.5 Å². The van der Waals surface area contributed by atoms with Crippen molar-refractivity contribution in [1.29, 1.82) is 0 Å². The molecule has 1 aromatic rings. The highest BCUT2D eigenvalue weighted by Crippen LogP contribution is 2.03. The van der Waals surface area contributed by atoms with Gasteiger partial charge >= 0.3 is 0 Å². The summed E-state index contributed by atoms with van der Waals surface area (Å²) in [7, 11) is 0. The van der Waals surface area contributed by atoms with Gasteiger partial charge in [0.25, 0.3) is 0 Å². The Balaban J connectivity index is 2.50. The van der Waals surface area contributed by atoms with Gasteiger partial charge in [0.1, 0.15) is 5.82 Å². The molecule has 0 amide bonds. The number of nitrogens with one attached hydrogen (secondary N) is 1. The summed E-state index contributed by atoms with van der Waals surface area (Å²) in [5.41, 5.74) is 6.38. The highest BCUT2D eigenvalue weighted by atomic mass is 15.1. The molecule has 0 spiro atoms. The van der Waals surface area contributed by atoms with Gasteiger partial charge in [-0.1, -0.05) is 19.4 Å². The van der Waals surface area contributed by atoms with Crippen molar-refractivity contribution in [2.75, 3.05) is 5.73 Å². The second-order valence-electron chi connectivity index (χ2n) is 2.44. The van der Waals surface area contributed by atoms with Crippen LogP contribution >= 0.6 is 0 Å². The van der Waals surface area contributed by atoms with Crippen molar-refractivity contribution >= 4 is 11.9 Å². The number of allylic oxidation sites excluding steroid dienone is 1. The SMILES string of the molecule is CCC/C=C/c1cc(N)n[nH]1. The molecular weight excluding hydrogens is 138 g/mol. The molecule has 0 atom stereocenters. The zero-order valence-electron chi connectivity index (χ0n) is 6.67. The Kier molecular flexibility index (Phi) is 2.72. The third-order valence-corrected chi connectivity index (χ3v) is 1.37. The van der Waals surface area contributed by atoms with Crippen molar-refractivity contribution in [2.45, 2.75) is 19.8 Å². The summed E-state index contributed by atoms with van der Waals surface area (Å²) in [4.78, 5) is 0. The molecule has 0 saturated carbocycles. The van der Waals surface area contributed by atoms with Gasteiger partial charge in [0, 0.05) is 6.07 Å². The number of anilines is 1. The Bertz CT molecular complexity index is 237. The Morgan fingerprint density at radius 3 is 3.09 bits per heavy atom. The first-order valence-corrected chi connectivity index (χ1v) is 3.80. The summed E-state index contributed by atoms with van der Waals surface area (Å²) in [5.74, 6) is 0.543. The Labute approximate surface area is 66.3 Å². The number of hydrogen-bond acceptors (Lipinski definition) is 2. The minimum atomic E-state index is 0.543. The normalized spacial score (nSPS) is 11.0. The fourth-order valence-electron chi connectivity index (χ4n) is 0.815. The van der Waals surface area contributed by atoms with E-state index < -0.39 is 0 Å². The minimum absolute atomic E-state index is 0.543. The number of nitrogen functional groups attached to an aromatic ring is 1. The number of nitrogens with two attached hydrogens (primary N) is 1. The van der Waals surface area contributed by atoms with Crippen LogP contribution in [-0.2, 0) is 0 Å². The predicted octanol–water partition coefficient (Wildman–Crippen LogP) is 1.81. The van der Waals surface area contributed by atoms with Crippen LogP contribution in [0, 0.1) is 0 Å². The molecule has 0 bridgehead atoms. The summed E-state index contributed by atoms with van der Waals surface area (Å²) < 4.78 is 0. The van der Waals surface area contributed by atoms with Gasteiger partial charge in [-0.05, 0) is 12.5 Å². The van der Waals surface area contributed by atoms with Gasteiger partial charge in [0.2, 0.25) is 0 Å². The molecule has 0 saturated heterocycles. The zero-order chi connectivity index (χ0) is 8.10. The van der Waals surface area contributed by atoms with Crippen LogP contribution in [-0.4, -0.2) is 10.2 Å². The van der Waals surface area contributed by atoms with E-state index in [0.29, 0.717) is 5.82 Å². The minimum Gasteiger partial charge on any atom is -0.382 e. The van der Waals surface area contributed by atoms with Crippen molar-refractivity contribution in [2.24, 2.45) is 0 Å². The van der Waals surface area contributed by atoms with E-state index in [1.165, 1.54) is 6.42 Å². The second-order valence-corrected chi connectivity index (χ2v) is 2.44. The molecule has 3 N–H and O–H groups in total. The molecule has 0 aromatic carbocycles. The average Bonchev–Trinajstić information content (AvgIpc) is 2.37. The quantitative estimate of drug-likeness (QED) is 0.692. The van der Waals surface area contributed by atoms with Crippen LogP contribution in [0.5, 0.6) is 0 Å². The topological polar surface area (TPSA) is 54.7 Å². The molecule has 0 aliphatic carbocycles. The first-order chi connectivity index (χ1) is 5.33. The van der Waals surface area contributed by atoms with Crippen molar-refractivity contribution < 1.29 is 0 Å². The molecule has 0 radical (unpaired) electrons. The van der Waals surface area contributed by atoms with Gasteiger partial charge in [-0.2, -0.15) is 5.10 Å². The van der Waals surface area contributed by atoms with Gasteiger partial charge in [-0.3, -0.25) is 5.10 Å². The van der Waals surface area contributed by atoms with E-state index in [4.69, 9.17) is 5.73 Å². The third kappa shape index (κ3) is 2.45. The molecule has 60 valence electrons. The van der Waals surface area contributed by atoms with Crippen molar-refractivity contribution in [3.05, 3.63) is 17.8 Å². The molecule has 0 aliphatic rings. The molecule has 1 aromatic heterocycles. The van der Waals surface area contributed by atoms with E-state index in [1.54, 1.807) is 0 Å². The van der Waals surface area contributed by atoms with Gasteiger partial charge in [-0.25, -0.2) is 0 Å². The predicted molar refractivity (Wildman–Crippen MR) is 46.9 cm³/mol.